The second kappa shape index (κ2) is 12.7. The third-order valence-electron chi connectivity index (χ3n) is 5.46. The first-order chi connectivity index (χ1) is 16.1. The molecule has 2 unspecified atom stereocenters. The number of amides is 1. The van der Waals surface area contributed by atoms with Crippen LogP contribution in [0.2, 0.25) is 0 Å². The van der Waals surface area contributed by atoms with Gasteiger partial charge in [0.25, 0.3) is 0 Å². The maximum atomic E-state index is 13.7. The van der Waals surface area contributed by atoms with Gasteiger partial charge in [-0.1, -0.05) is 52.0 Å². The number of nitrogens with zero attached hydrogens (tertiary/aromatic N) is 1. The fraction of sp³-hybridized carbons (Fsp3) is 0.462. The lowest BCUT2D eigenvalue weighted by Crippen LogP contribution is -2.26. The number of carbonyl (C=O) groups excluding carboxylic acids is 1. The first kappa shape index (κ1) is 27.6. The van der Waals surface area contributed by atoms with Crippen molar-refractivity contribution in [2.45, 2.75) is 71.2 Å². The summed E-state index contributed by atoms with van der Waals surface area (Å²) in [6.45, 7) is 8.49. The zero-order valence-electron chi connectivity index (χ0n) is 20.4. The molecule has 0 aliphatic carbocycles. The molecule has 2 rings (SSSR count). The van der Waals surface area contributed by atoms with E-state index in [9.17, 15) is 19.4 Å². The Morgan fingerprint density at radius 3 is 2.26 bits per heavy atom. The fourth-order valence-corrected chi connectivity index (χ4v) is 3.91. The van der Waals surface area contributed by atoms with Gasteiger partial charge in [0, 0.05) is 30.4 Å². The van der Waals surface area contributed by atoms with Crippen molar-refractivity contribution in [2.24, 2.45) is 0 Å². The van der Waals surface area contributed by atoms with E-state index in [-0.39, 0.29) is 30.5 Å². The van der Waals surface area contributed by atoms with Crippen LogP contribution in [0.25, 0.3) is 17.2 Å². The molecule has 0 radical (unpaired) electrons. The number of halogens is 1. The molecule has 4 N–H and O–H groups in total. The molecular weight excluding hydrogens is 439 g/mol. The first-order valence-corrected chi connectivity index (χ1v) is 11.4. The topological polar surface area (TPSA) is 112 Å². The van der Waals surface area contributed by atoms with Crippen molar-refractivity contribution in [3.8, 4) is 11.1 Å². The average Bonchev–Trinajstić information content (AvgIpc) is 2.77. The molecule has 0 aliphatic rings. The molecule has 0 spiro atoms. The van der Waals surface area contributed by atoms with Crippen LogP contribution in [-0.4, -0.2) is 45.6 Å². The van der Waals surface area contributed by atoms with Crippen LogP contribution in [0.4, 0.5) is 4.39 Å². The second-order valence-electron chi connectivity index (χ2n) is 8.95. The molecule has 0 saturated carbocycles. The molecule has 2 aromatic rings. The van der Waals surface area contributed by atoms with Crippen LogP contribution in [0.5, 0.6) is 0 Å². The van der Waals surface area contributed by atoms with Crippen LogP contribution in [0.3, 0.4) is 0 Å². The summed E-state index contributed by atoms with van der Waals surface area (Å²) < 4.78 is 19.2. The van der Waals surface area contributed by atoms with Gasteiger partial charge < -0.3 is 14.9 Å². The smallest absolute Gasteiger partial charge is 0.245 e. The van der Waals surface area contributed by atoms with E-state index in [1.807, 2.05) is 13.8 Å². The van der Waals surface area contributed by atoms with Gasteiger partial charge in [0.2, 0.25) is 5.91 Å². The van der Waals surface area contributed by atoms with Crippen molar-refractivity contribution in [3.05, 3.63) is 58.7 Å². The normalized spacial score (nSPS) is 13.6. The third kappa shape index (κ3) is 7.17. The van der Waals surface area contributed by atoms with E-state index in [1.165, 1.54) is 17.6 Å². The highest BCUT2D eigenvalue weighted by atomic mass is 19.1. The number of methoxy groups -OCH3 is 1. The molecule has 34 heavy (non-hydrogen) atoms. The molecule has 0 aliphatic heterocycles. The zero-order valence-corrected chi connectivity index (χ0v) is 20.4. The number of hydrogen-bond donors (Lipinski definition) is 4. The predicted octanol–water partition coefficient (Wildman–Crippen LogP) is 4.30. The lowest BCUT2D eigenvalue weighted by molar-refractivity contribution is -0.131. The van der Waals surface area contributed by atoms with Gasteiger partial charge in [-0.2, -0.15) is 0 Å². The quantitative estimate of drug-likeness (QED) is 0.285. The van der Waals surface area contributed by atoms with Crippen LogP contribution in [0.1, 0.15) is 74.9 Å². The Balaban J connectivity index is 2.64. The Labute approximate surface area is 200 Å². The summed E-state index contributed by atoms with van der Waals surface area (Å²) >= 11 is 0. The molecule has 186 valence electrons. The summed E-state index contributed by atoms with van der Waals surface area (Å²) in [7, 11) is 1.61. The first-order valence-electron chi connectivity index (χ1n) is 11.4. The van der Waals surface area contributed by atoms with E-state index in [0.717, 1.165) is 33.6 Å². The fourth-order valence-electron chi connectivity index (χ4n) is 3.91. The van der Waals surface area contributed by atoms with Crippen molar-refractivity contribution < 1.29 is 29.3 Å². The molecule has 1 heterocycles. The number of nitrogens with one attached hydrogen (secondary N) is 1. The minimum absolute atomic E-state index is 0.0592. The van der Waals surface area contributed by atoms with Gasteiger partial charge in [-0.25, -0.2) is 9.87 Å². The number of rotatable bonds is 11. The number of aliphatic hydroxyl groups excluding tert-OH is 2. The summed E-state index contributed by atoms with van der Waals surface area (Å²) in [6.07, 6.45) is 0.712. The number of benzene rings is 1. The summed E-state index contributed by atoms with van der Waals surface area (Å²) in [5.74, 6) is -0.892. The third-order valence-corrected chi connectivity index (χ3v) is 5.46. The van der Waals surface area contributed by atoms with Crippen molar-refractivity contribution in [3.63, 3.8) is 0 Å². The van der Waals surface area contributed by atoms with Crippen molar-refractivity contribution in [2.75, 3.05) is 7.11 Å². The van der Waals surface area contributed by atoms with Gasteiger partial charge in [0.15, 0.2) is 0 Å². The molecule has 1 amide bonds. The number of aromatic nitrogens is 1. The highest BCUT2D eigenvalue weighted by molar-refractivity contribution is 5.80. The van der Waals surface area contributed by atoms with Crippen LogP contribution in [0, 0.1) is 5.82 Å². The lowest BCUT2D eigenvalue weighted by atomic mass is 9.87. The maximum Gasteiger partial charge on any atom is 0.245 e. The van der Waals surface area contributed by atoms with Gasteiger partial charge in [-0.3, -0.25) is 15.0 Å². The Morgan fingerprint density at radius 2 is 1.74 bits per heavy atom. The van der Waals surface area contributed by atoms with E-state index in [4.69, 9.17) is 14.9 Å². The number of ether oxygens (including phenoxy) is 1. The van der Waals surface area contributed by atoms with Gasteiger partial charge in [0.1, 0.15) is 5.82 Å². The number of pyridine rings is 1. The van der Waals surface area contributed by atoms with E-state index in [0.29, 0.717) is 6.61 Å². The minimum Gasteiger partial charge on any atom is -0.392 e. The molecular formula is C26H35FN2O5. The van der Waals surface area contributed by atoms with Crippen LogP contribution in [0.15, 0.2) is 30.3 Å². The molecule has 0 bridgehead atoms. The van der Waals surface area contributed by atoms with E-state index in [1.54, 1.807) is 31.4 Å². The summed E-state index contributed by atoms with van der Waals surface area (Å²) in [4.78, 5) is 16.2. The van der Waals surface area contributed by atoms with Gasteiger partial charge in [-0.15, -0.1) is 0 Å². The minimum atomic E-state index is -1.13. The van der Waals surface area contributed by atoms with E-state index < -0.39 is 18.1 Å². The van der Waals surface area contributed by atoms with Gasteiger partial charge >= 0.3 is 0 Å². The largest absolute Gasteiger partial charge is 0.392 e. The Morgan fingerprint density at radius 1 is 1.12 bits per heavy atom. The van der Waals surface area contributed by atoms with Crippen molar-refractivity contribution >= 4 is 12.0 Å². The molecule has 0 saturated heterocycles. The molecule has 1 aromatic carbocycles. The van der Waals surface area contributed by atoms with E-state index >= 15 is 0 Å². The maximum absolute atomic E-state index is 13.7. The molecule has 7 nitrogen and oxygen atoms in total. The molecule has 8 heteroatoms. The predicted molar refractivity (Wildman–Crippen MR) is 129 cm³/mol. The zero-order chi connectivity index (χ0) is 25.4. The molecule has 1 aromatic heterocycles. The van der Waals surface area contributed by atoms with Gasteiger partial charge in [-0.05, 0) is 35.1 Å². The van der Waals surface area contributed by atoms with E-state index in [2.05, 4.69) is 13.8 Å². The summed E-state index contributed by atoms with van der Waals surface area (Å²) in [6, 6.07) is 6.23. The highest BCUT2D eigenvalue weighted by Gasteiger charge is 2.23. The second-order valence-corrected chi connectivity index (χ2v) is 8.95. The van der Waals surface area contributed by atoms with Crippen LogP contribution in [-0.2, 0) is 16.1 Å². The lowest BCUT2D eigenvalue weighted by Gasteiger charge is -2.23. The summed E-state index contributed by atoms with van der Waals surface area (Å²) in [5.41, 5.74) is 6.51. The van der Waals surface area contributed by atoms with Crippen LogP contribution < -0.4 is 5.48 Å². The molecule has 2 atom stereocenters. The Hall–Kier alpha value is -2.65. The van der Waals surface area contributed by atoms with Crippen molar-refractivity contribution in [1.29, 1.82) is 0 Å². The standard InChI is InChI=1S/C26H35FN2O5/c1-15(2)25-21(11-10-19(30)12-20(31)13-23(32)29-33)24(17-6-8-18(27)9-7-17)22(14-34-5)26(28-25)16(3)4/h6-11,15-16,19-20,30-31,33H,12-14H2,1-5H3,(H,29,32)/b11-10+. The Bertz CT molecular complexity index is 990. The molecule has 0 fully saturated rings. The van der Waals surface area contributed by atoms with Gasteiger partial charge in [0.05, 0.1) is 30.9 Å². The number of carbonyl (C=O) groups is 1. The number of aliphatic hydroxyl groups is 2. The number of hydroxylamine groups is 1. The SMILES string of the molecule is COCc1c(C(C)C)nc(C(C)C)c(/C=C/C(O)CC(O)CC(=O)NO)c1-c1ccc(F)cc1. The average molecular weight is 475 g/mol. The monoisotopic (exact) mass is 474 g/mol. The van der Waals surface area contributed by atoms with Crippen LogP contribution >= 0.6 is 0 Å². The Kier molecular flexibility index (Phi) is 10.3. The highest BCUT2D eigenvalue weighted by Crippen LogP contribution is 2.37. The number of hydrogen-bond acceptors (Lipinski definition) is 6. The summed E-state index contributed by atoms with van der Waals surface area (Å²) in [5, 5.41) is 29.1. The van der Waals surface area contributed by atoms with Crippen molar-refractivity contribution in [1.82, 2.24) is 10.5 Å².